The molecule has 160 valence electrons. The molecule has 2 aliphatic heterocycles. The van der Waals surface area contributed by atoms with Gasteiger partial charge in [0.2, 0.25) is 0 Å². The van der Waals surface area contributed by atoms with Gasteiger partial charge >= 0.3 is 11.9 Å². The molecule has 3 rings (SSSR count). The van der Waals surface area contributed by atoms with E-state index in [4.69, 9.17) is 14.2 Å². The van der Waals surface area contributed by atoms with Crippen molar-refractivity contribution in [2.24, 2.45) is 5.92 Å². The molecule has 2 aliphatic rings. The van der Waals surface area contributed by atoms with E-state index in [1.165, 1.54) is 20.3 Å². The number of hydrogen-bond donors (Lipinski definition) is 0. The number of methoxy groups -OCH3 is 3. The van der Waals surface area contributed by atoms with Crippen LogP contribution >= 0.6 is 0 Å². The minimum Gasteiger partial charge on any atom is -0.494 e. The summed E-state index contributed by atoms with van der Waals surface area (Å²) in [5, 5.41) is 0. The molecule has 0 amide bonds. The molecule has 0 atom stereocenters. The Morgan fingerprint density at radius 1 is 1.00 bits per heavy atom. The summed E-state index contributed by atoms with van der Waals surface area (Å²) in [4.78, 5) is 28.9. The Bertz CT molecular complexity index is 895. The van der Waals surface area contributed by atoms with Crippen molar-refractivity contribution in [3.63, 3.8) is 0 Å². The molecule has 0 bridgehead atoms. The van der Waals surface area contributed by atoms with E-state index < -0.39 is 11.9 Å². The number of ether oxygens (including phenoxy) is 3. The first-order valence-corrected chi connectivity index (χ1v) is 9.98. The van der Waals surface area contributed by atoms with E-state index in [1.54, 1.807) is 30.4 Å². The minimum atomic E-state index is -0.650. The summed E-state index contributed by atoms with van der Waals surface area (Å²) in [6.07, 6.45) is 8.94. The van der Waals surface area contributed by atoms with Gasteiger partial charge in [0, 0.05) is 31.0 Å². The molecule has 0 unspecified atom stereocenters. The van der Waals surface area contributed by atoms with Crippen LogP contribution in [0.15, 0.2) is 53.9 Å². The van der Waals surface area contributed by atoms with Gasteiger partial charge in [-0.05, 0) is 43.0 Å². The first kappa shape index (κ1) is 21.5. The van der Waals surface area contributed by atoms with Gasteiger partial charge in [-0.1, -0.05) is 13.0 Å². The summed E-state index contributed by atoms with van der Waals surface area (Å²) in [5.41, 5.74) is 1.85. The number of allylic oxidation sites excluding steroid dienone is 2. The van der Waals surface area contributed by atoms with Crippen molar-refractivity contribution in [1.82, 2.24) is 0 Å². The lowest BCUT2D eigenvalue weighted by Gasteiger charge is -2.33. The molecule has 7 heteroatoms. The average Bonchev–Trinajstić information content (AvgIpc) is 3.01. The Morgan fingerprint density at radius 3 is 2.33 bits per heavy atom. The predicted octanol–water partition coefficient (Wildman–Crippen LogP) is 3.42. The van der Waals surface area contributed by atoms with Crippen molar-refractivity contribution >= 4 is 23.3 Å². The van der Waals surface area contributed by atoms with Crippen molar-refractivity contribution < 1.29 is 23.8 Å². The van der Waals surface area contributed by atoms with Crippen LogP contribution in [0, 0.1) is 5.92 Å². The zero-order valence-corrected chi connectivity index (χ0v) is 17.9. The summed E-state index contributed by atoms with van der Waals surface area (Å²) in [6, 6.07) is 5.86. The summed E-state index contributed by atoms with van der Waals surface area (Å²) in [7, 11) is 4.14. The van der Waals surface area contributed by atoms with Gasteiger partial charge in [0.25, 0.3) is 0 Å². The average molecular weight is 412 g/mol. The maximum Gasteiger partial charge on any atom is 0.355 e. The zero-order valence-electron chi connectivity index (χ0n) is 17.9. The highest BCUT2D eigenvalue weighted by Gasteiger charge is 2.29. The van der Waals surface area contributed by atoms with Crippen molar-refractivity contribution in [2.75, 3.05) is 44.2 Å². The predicted molar refractivity (Wildman–Crippen MR) is 115 cm³/mol. The van der Waals surface area contributed by atoms with E-state index >= 15 is 0 Å². The highest BCUT2D eigenvalue weighted by molar-refractivity contribution is 6.05. The largest absolute Gasteiger partial charge is 0.494 e. The second kappa shape index (κ2) is 9.52. The molecule has 1 aromatic carbocycles. The third-order valence-electron chi connectivity index (χ3n) is 5.46. The summed E-state index contributed by atoms with van der Waals surface area (Å²) < 4.78 is 15.5. The molecule has 1 aromatic rings. The van der Waals surface area contributed by atoms with E-state index in [0.717, 1.165) is 37.5 Å². The normalized spacial score (nSPS) is 17.1. The molecule has 1 fully saturated rings. The molecule has 0 aromatic heterocycles. The van der Waals surface area contributed by atoms with Crippen LogP contribution < -0.4 is 14.5 Å². The number of carbonyl (C=O) groups excluding carboxylic acids is 2. The van der Waals surface area contributed by atoms with Crippen LogP contribution in [0.25, 0.3) is 0 Å². The lowest BCUT2D eigenvalue weighted by molar-refractivity contribution is -0.139. The van der Waals surface area contributed by atoms with Gasteiger partial charge in [0.15, 0.2) is 0 Å². The van der Waals surface area contributed by atoms with E-state index in [9.17, 15) is 9.59 Å². The highest BCUT2D eigenvalue weighted by atomic mass is 16.5. The molecule has 0 aliphatic carbocycles. The molecule has 30 heavy (non-hydrogen) atoms. The van der Waals surface area contributed by atoms with Gasteiger partial charge < -0.3 is 24.0 Å². The van der Waals surface area contributed by atoms with Crippen molar-refractivity contribution in [3.05, 3.63) is 53.9 Å². The van der Waals surface area contributed by atoms with Gasteiger partial charge in [-0.25, -0.2) is 9.59 Å². The molecule has 0 radical (unpaired) electrons. The van der Waals surface area contributed by atoms with Crippen LogP contribution in [0.2, 0.25) is 0 Å². The van der Waals surface area contributed by atoms with Crippen LogP contribution in [-0.4, -0.2) is 46.4 Å². The monoisotopic (exact) mass is 412 g/mol. The number of hydrogen-bond acceptors (Lipinski definition) is 7. The number of rotatable bonds is 5. The number of benzene rings is 1. The molecule has 2 heterocycles. The van der Waals surface area contributed by atoms with Crippen LogP contribution in [0.1, 0.15) is 19.8 Å². The van der Waals surface area contributed by atoms with E-state index in [0.29, 0.717) is 11.4 Å². The Hall–Kier alpha value is -3.22. The summed E-state index contributed by atoms with van der Waals surface area (Å²) in [6.45, 7) is 4.27. The Labute approximate surface area is 177 Å². The fraction of sp³-hybridized carbons (Fsp3) is 0.391. The van der Waals surface area contributed by atoms with E-state index in [2.05, 4.69) is 11.8 Å². The van der Waals surface area contributed by atoms with Crippen LogP contribution in [-0.2, 0) is 19.1 Å². The number of carbonyl (C=O) groups is 2. The van der Waals surface area contributed by atoms with Gasteiger partial charge in [0.1, 0.15) is 11.4 Å². The quantitative estimate of drug-likeness (QED) is 0.687. The first-order chi connectivity index (χ1) is 14.5. The molecule has 7 nitrogen and oxygen atoms in total. The van der Waals surface area contributed by atoms with Crippen LogP contribution in [0.5, 0.6) is 5.75 Å². The molecular formula is C23H28N2O5. The van der Waals surface area contributed by atoms with Gasteiger partial charge in [0.05, 0.1) is 32.6 Å². The van der Waals surface area contributed by atoms with Gasteiger partial charge in [-0.3, -0.25) is 0 Å². The standard InChI is InChI=1S/C23H28N2O5/c1-16-10-13-24(14-11-16)17-8-9-19(20(15-17)28-2)25-12-6-5-7-18(22(26)29-3)21(25)23(27)30-4/h5-9,12,15-16H,10-11,13-14H2,1-4H3. The summed E-state index contributed by atoms with van der Waals surface area (Å²) in [5.74, 6) is 0.0473. The van der Waals surface area contributed by atoms with Crippen molar-refractivity contribution in [1.29, 1.82) is 0 Å². The van der Waals surface area contributed by atoms with Crippen molar-refractivity contribution in [3.8, 4) is 5.75 Å². The number of piperidine rings is 1. The maximum absolute atomic E-state index is 12.6. The number of esters is 2. The fourth-order valence-corrected chi connectivity index (χ4v) is 3.68. The lowest BCUT2D eigenvalue weighted by Crippen LogP contribution is -2.32. The minimum absolute atomic E-state index is 0.0622. The Balaban J connectivity index is 2.05. The SMILES string of the molecule is COC(=O)C1=C(C(=O)OC)N(c2ccc(N3CCC(C)CC3)cc2OC)C=CC=C1. The van der Waals surface area contributed by atoms with E-state index in [1.807, 2.05) is 18.2 Å². The van der Waals surface area contributed by atoms with Gasteiger partial charge in [-0.15, -0.1) is 0 Å². The third kappa shape index (κ3) is 4.35. The van der Waals surface area contributed by atoms with Crippen LogP contribution in [0.3, 0.4) is 0 Å². The maximum atomic E-state index is 12.6. The number of anilines is 2. The number of nitrogens with zero attached hydrogens (tertiary/aromatic N) is 2. The fourth-order valence-electron chi connectivity index (χ4n) is 3.68. The molecule has 0 N–H and O–H groups in total. The Morgan fingerprint density at radius 2 is 1.70 bits per heavy atom. The topological polar surface area (TPSA) is 68.3 Å². The third-order valence-corrected chi connectivity index (χ3v) is 5.46. The molecular weight excluding hydrogens is 384 g/mol. The molecule has 0 saturated carbocycles. The van der Waals surface area contributed by atoms with Crippen LogP contribution in [0.4, 0.5) is 11.4 Å². The van der Waals surface area contributed by atoms with Crippen molar-refractivity contribution in [2.45, 2.75) is 19.8 Å². The summed E-state index contributed by atoms with van der Waals surface area (Å²) >= 11 is 0. The molecule has 1 saturated heterocycles. The highest BCUT2D eigenvalue weighted by Crippen LogP contribution is 2.37. The lowest BCUT2D eigenvalue weighted by atomic mass is 9.99. The molecule has 0 spiro atoms. The second-order valence-electron chi connectivity index (χ2n) is 7.34. The smallest absolute Gasteiger partial charge is 0.355 e. The van der Waals surface area contributed by atoms with Gasteiger partial charge in [-0.2, -0.15) is 0 Å². The zero-order chi connectivity index (χ0) is 21.7. The van der Waals surface area contributed by atoms with E-state index in [-0.39, 0.29) is 11.3 Å². The second-order valence-corrected chi connectivity index (χ2v) is 7.34. The Kier molecular flexibility index (Phi) is 6.82. The first-order valence-electron chi connectivity index (χ1n) is 9.98.